The van der Waals surface area contributed by atoms with Crippen LogP contribution in [0.5, 0.6) is 0 Å². The van der Waals surface area contributed by atoms with Gasteiger partial charge in [0.05, 0.1) is 17.0 Å². The van der Waals surface area contributed by atoms with E-state index in [0.29, 0.717) is 0 Å². The van der Waals surface area contributed by atoms with Crippen LogP contribution in [0.3, 0.4) is 0 Å². The third kappa shape index (κ3) is 5.51. The lowest BCUT2D eigenvalue weighted by molar-refractivity contribution is -0.118. The quantitative estimate of drug-likeness (QED) is 0.506. The number of hydrogen-bond donors (Lipinski definition) is 3. The largest absolute Gasteiger partial charge is 0.355 e. The lowest BCUT2D eigenvalue weighted by Crippen LogP contribution is -2.33. The molecule has 0 fully saturated rings. The zero-order chi connectivity index (χ0) is 15.9. The number of carbonyl (C=O) groups excluding carboxylic acids is 1. The maximum atomic E-state index is 13.7. The average molecular weight is 313 g/mol. The van der Waals surface area contributed by atoms with E-state index in [0.717, 1.165) is 6.07 Å². The van der Waals surface area contributed by atoms with Gasteiger partial charge < -0.3 is 11.1 Å². The fourth-order valence-corrected chi connectivity index (χ4v) is 2.46. The molecule has 0 heterocycles. The van der Waals surface area contributed by atoms with Crippen LogP contribution in [0.1, 0.15) is 12.5 Å². The van der Waals surface area contributed by atoms with Gasteiger partial charge in [0.25, 0.3) is 0 Å². The summed E-state index contributed by atoms with van der Waals surface area (Å²) in [5, 5.41) is 2.44. The molecule has 0 aliphatic heterocycles. The van der Waals surface area contributed by atoms with Crippen molar-refractivity contribution < 1.29 is 17.6 Å². The van der Waals surface area contributed by atoms with Crippen LogP contribution in [0.25, 0.3) is 0 Å². The molecule has 0 aliphatic rings. The molecule has 1 rings (SSSR count). The number of nitrogens with two attached hydrogens (primary N) is 1. The molecular formula is C13H16FN3O3S. The summed E-state index contributed by atoms with van der Waals surface area (Å²) >= 11 is 0. The number of rotatable bonds is 5. The summed E-state index contributed by atoms with van der Waals surface area (Å²) in [6.45, 7) is 1.57. The standard InChI is InChI=1S/C13H16FN3O3S/c1-10(18)16-7-8-17-21(19,20)12-5-4-11(3-2-6-15)13(14)9-12/h4-5,9,17H,6-8,15H2,1H3,(H,16,18). The van der Waals surface area contributed by atoms with Gasteiger partial charge in [0.1, 0.15) is 5.82 Å². The van der Waals surface area contributed by atoms with Gasteiger partial charge in [0.15, 0.2) is 0 Å². The molecule has 1 aromatic rings. The first-order valence-electron chi connectivity index (χ1n) is 6.09. The molecular weight excluding hydrogens is 297 g/mol. The van der Waals surface area contributed by atoms with E-state index in [1.54, 1.807) is 0 Å². The zero-order valence-corrected chi connectivity index (χ0v) is 12.3. The van der Waals surface area contributed by atoms with Gasteiger partial charge >= 0.3 is 0 Å². The Bertz CT molecular complexity index is 678. The monoisotopic (exact) mass is 313 g/mol. The average Bonchev–Trinajstić information content (AvgIpc) is 2.42. The van der Waals surface area contributed by atoms with Crippen molar-refractivity contribution in [3.8, 4) is 11.8 Å². The normalized spacial score (nSPS) is 10.6. The van der Waals surface area contributed by atoms with Gasteiger partial charge in [-0.15, -0.1) is 0 Å². The van der Waals surface area contributed by atoms with Crippen LogP contribution in [-0.4, -0.2) is 34.0 Å². The SMILES string of the molecule is CC(=O)NCCNS(=O)(=O)c1ccc(C#CCN)c(F)c1. The summed E-state index contributed by atoms with van der Waals surface area (Å²) in [5.41, 5.74) is 5.26. The van der Waals surface area contributed by atoms with Crippen molar-refractivity contribution in [2.45, 2.75) is 11.8 Å². The van der Waals surface area contributed by atoms with Crippen LogP contribution in [-0.2, 0) is 14.8 Å². The third-order valence-electron chi connectivity index (χ3n) is 2.37. The maximum Gasteiger partial charge on any atom is 0.240 e. The van der Waals surface area contributed by atoms with Crippen molar-refractivity contribution in [3.05, 3.63) is 29.6 Å². The van der Waals surface area contributed by atoms with Gasteiger partial charge in [-0.05, 0) is 18.2 Å². The van der Waals surface area contributed by atoms with Crippen molar-refractivity contribution >= 4 is 15.9 Å². The number of amides is 1. The van der Waals surface area contributed by atoms with E-state index in [4.69, 9.17) is 5.73 Å². The Morgan fingerprint density at radius 3 is 2.67 bits per heavy atom. The van der Waals surface area contributed by atoms with E-state index >= 15 is 0 Å². The van der Waals surface area contributed by atoms with Crippen LogP contribution in [0.2, 0.25) is 0 Å². The van der Waals surface area contributed by atoms with E-state index < -0.39 is 15.8 Å². The Balaban J connectivity index is 2.79. The third-order valence-corrected chi connectivity index (χ3v) is 3.83. The summed E-state index contributed by atoms with van der Waals surface area (Å²) in [5.74, 6) is 4.00. The predicted molar refractivity (Wildman–Crippen MR) is 76.2 cm³/mol. The Hall–Kier alpha value is -1.95. The Labute approximate surface area is 123 Å². The summed E-state index contributed by atoms with van der Waals surface area (Å²) in [4.78, 5) is 10.4. The molecule has 0 spiro atoms. The van der Waals surface area contributed by atoms with Gasteiger partial charge in [-0.3, -0.25) is 4.79 Å². The fraction of sp³-hybridized carbons (Fsp3) is 0.308. The molecule has 1 amide bonds. The minimum absolute atomic E-state index is 0.0122. The highest BCUT2D eigenvalue weighted by molar-refractivity contribution is 7.89. The van der Waals surface area contributed by atoms with Gasteiger partial charge in [0.2, 0.25) is 15.9 Å². The second kappa shape index (κ2) is 7.73. The van der Waals surface area contributed by atoms with Crippen molar-refractivity contribution in [3.63, 3.8) is 0 Å². The smallest absolute Gasteiger partial charge is 0.240 e. The van der Waals surface area contributed by atoms with Crippen LogP contribution in [0.4, 0.5) is 4.39 Å². The summed E-state index contributed by atoms with van der Waals surface area (Å²) in [6, 6.07) is 3.42. The first-order valence-corrected chi connectivity index (χ1v) is 7.57. The lowest BCUT2D eigenvalue weighted by atomic mass is 10.2. The van der Waals surface area contributed by atoms with Crippen molar-refractivity contribution in [2.24, 2.45) is 5.73 Å². The van der Waals surface area contributed by atoms with Crippen LogP contribution >= 0.6 is 0 Å². The van der Waals surface area contributed by atoms with Gasteiger partial charge in [-0.25, -0.2) is 17.5 Å². The Morgan fingerprint density at radius 1 is 1.38 bits per heavy atom. The fourth-order valence-electron chi connectivity index (χ4n) is 1.42. The molecule has 6 nitrogen and oxygen atoms in total. The molecule has 114 valence electrons. The van der Waals surface area contributed by atoms with Crippen molar-refractivity contribution in [1.29, 1.82) is 0 Å². The molecule has 0 aromatic heterocycles. The highest BCUT2D eigenvalue weighted by Gasteiger charge is 2.15. The van der Waals surface area contributed by atoms with E-state index in [2.05, 4.69) is 21.9 Å². The van der Waals surface area contributed by atoms with Gasteiger partial charge in [0, 0.05) is 20.0 Å². The molecule has 21 heavy (non-hydrogen) atoms. The Morgan fingerprint density at radius 2 is 2.10 bits per heavy atom. The van der Waals surface area contributed by atoms with E-state index in [9.17, 15) is 17.6 Å². The first-order chi connectivity index (χ1) is 9.86. The van der Waals surface area contributed by atoms with Gasteiger partial charge in [-0.1, -0.05) is 11.8 Å². The minimum atomic E-state index is -3.83. The van der Waals surface area contributed by atoms with Crippen LogP contribution in [0, 0.1) is 17.7 Å². The zero-order valence-electron chi connectivity index (χ0n) is 11.4. The molecule has 0 unspecified atom stereocenters. The predicted octanol–water partition coefficient (Wildman–Crippen LogP) is -0.450. The van der Waals surface area contributed by atoms with E-state index in [1.165, 1.54) is 19.1 Å². The molecule has 1 aromatic carbocycles. The van der Waals surface area contributed by atoms with Crippen molar-refractivity contribution in [2.75, 3.05) is 19.6 Å². The number of sulfonamides is 1. The van der Waals surface area contributed by atoms with Crippen LogP contribution < -0.4 is 15.8 Å². The Kier molecular flexibility index (Phi) is 6.30. The number of carbonyl (C=O) groups is 1. The van der Waals surface area contributed by atoms with E-state index in [-0.39, 0.29) is 36.0 Å². The van der Waals surface area contributed by atoms with Gasteiger partial charge in [-0.2, -0.15) is 0 Å². The van der Waals surface area contributed by atoms with Crippen LogP contribution in [0.15, 0.2) is 23.1 Å². The highest BCUT2D eigenvalue weighted by Crippen LogP contribution is 2.14. The molecule has 0 aliphatic carbocycles. The topological polar surface area (TPSA) is 101 Å². The molecule has 4 N–H and O–H groups in total. The molecule has 8 heteroatoms. The second-order valence-electron chi connectivity index (χ2n) is 4.03. The maximum absolute atomic E-state index is 13.7. The number of benzene rings is 1. The van der Waals surface area contributed by atoms with E-state index in [1.807, 2.05) is 0 Å². The number of hydrogen-bond acceptors (Lipinski definition) is 4. The summed E-state index contributed by atoms with van der Waals surface area (Å²) < 4.78 is 39.8. The lowest BCUT2D eigenvalue weighted by Gasteiger charge is -2.07. The summed E-state index contributed by atoms with van der Waals surface area (Å²) in [7, 11) is -3.83. The van der Waals surface area contributed by atoms with Crippen molar-refractivity contribution in [1.82, 2.24) is 10.0 Å². The minimum Gasteiger partial charge on any atom is -0.355 e. The molecule has 0 saturated heterocycles. The second-order valence-corrected chi connectivity index (χ2v) is 5.80. The first kappa shape index (κ1) is 17.1. The molecule has 0 bridgehead atoms. The number of halogens is 1. The molecule has 0 saturated carbocycles. The number of nitrogens with one attached hydrogen (secondary N) is 2. The molecule has 0 radical (unpaired) electrons. The molecule has 0 atom stereocenters. The highest BCUT2D eigenvalue weighted by atomic mass is 32.2. The summed E-state index contributed by atoms with van der Waals surface area (Å²) in [6.07, 6.45) is 0.